The highest BCUT2D eigenvalue weighted by molar-refractivity contribution is 6.07. The molecule has 156 valence electrons. The van der Waals surface area contributed by atoms with Crippen LogP contribution in [0.4, 0.5) is 0 Å². The van der Waals surface area contributed by atoms with Gasteiger partial charge in [-0.05, 0) is 82.2 Å². The highest BCUT2D eigenvalue weighted by Crippen LogP contribution is 2.33. The van der Waals surface area contributed by atoms with Gasteiger partial charge < -0.3 is 14.2 Å². The topological polar surface area (TPSA) is 44.8 Å². The van der Waals surface area contributed by atoms with E-state index in [0.29, 0.717) is 11.3 Å². The molecule has 0 fully saturated rings. The largest absolute Gasteiger partial charge is 0.497 e. The summed E-state index contributed by atoms with van der Waals surface area (Å²) in [5.41, 5.74) is 2.61. The fraction of sp³-hybridized carbons (Fsp3) is 0.400. The Morgan fingerprint density at radius 1 is 0.966 bits per heavy atom. The van der Waals surface area contributed by atoms with E-state index in [4.69, 9.17) is 14.2 Å². The third kappa shape index (κ3) is 6.67. The van der Waals surface area contributed by atoms with Gasteiger partial charge in [0.05, 0.1) is 19.3 Å². The number of carbonyl (C=O) groups is 1. The minimum atomic E-state index is -0.0669. The minimum absolute atomic E-state index is 0.0170. The molecule has 0 bridgehead atoms. The second kappa shape index (κ2) is 10.7. The van der Waals surface area contributed by atoms with Crippen molar-refractivity contribution in [3.63, 3.8) is 0 Å². The van der Waals surface area contributed by atoms with Crippen LogP contribution in [-0.4, -0.2) is 25.1 Å². The first-order valence-corrected chi connectivity index (χ1v) is 10.2. The van der Waals surface area contributed by atoms with Gasteiger partial charge in [0.25, 0.3) is 0 Å². The Bertz CT molecular complexity index is 833. The lowest BCUT2D eigenvalue weighted by atomic mass is 10.0. The predicted octanol–water partition coefficient (Wildman–Crippen LogP) is 6.12. The predicted molar refractivity (Wildman–Crippen MR) is 118 cm³/mol. The van der Waals surface area contributed by atoms with Crippen LogP contribution in [-0.2, 0) is 6.42 Å². The molecule has 0 aliphatic rings. The molecule has 0 atom stereocenters. The number of rotatable bonds is 10. The lowest BCUT2D eigenvalue weighted by Crippen LogP contribution is -2.10. The molecular formula is C25H32O4. The Balaban J connectivity index is 2.37. The standard InChI is InChI=1S/C25H32O4/c1-7-8-20-15-21(25(29-18(4)5)16-24(20)28-17(2)3)11-14-23(26)19-9-12-22(27-6)13-10-19/h9-18H,7-8H2,1-6H3/b14-11+. The minimum Gasteiger partial charge on any atom is -0.497 e. The molecule has 0 aromatic heterocycles. The molecule has 0 spiro atoms. The lowest BCUT2D eigenvalue weighted by Gasteiger charge is -2.19. The summed E-state index contributed by atoms with van der Waals surface area (Å²) in [6, 6.07) is 11.1. The molecule has 0 N–H and O–H groups in total. The average molecular weight is 397 g/mol. The van der Waals surface area contributed by atoms with Gasteiger partial charge in [-0.2, -0.15) is 0 Å². The van der Waals surface area contributed by atoms with E-state index in [-0.39, 0.29) is 18.0 Å². The van der Waals surface area contributed by atoms with Gasteiger partial charge in [0.2, 0.25) is 0 Å². The maximum Gasteiger partial charge on any atom is 0.185 e. The molecule has 2 aromatic carbocycles. The molecule has 4 nitrogen and oxygen atoms in total. The summed E-state index contributed by atoms with van der Waals surface area (Å²) in [5, 5.41) is 0. The highest BCUT2D eigenvalue weighted by Gasteiger charge is 2.13. The highest BCUT2D eigenvalue weighted by atomic mass is 16.5. The van der Waals surface area contributed by atoms with E-state index in [2.05, 4.69) is 13.0 Å². The van der Waals surface area contributed by atoms with Gasteiger partial charge in [-0.15, -0.1) is 0 Å². The fourth-order valence-corrected chi connectivity index (χ4v) is 2.96. The molecule has 0 radical (unpaired) electrons. The average Bonchev–Trinajstić information content (AvgIpc) is 2.68. The summed E-state index contributed by atoms with van der Waals surface area (Å²) in [6.45, 7) is 10.1. The van der Waals surface area contributed by atoms with E-state index in [1.54, 1.807) is 37.5 Å². The molecule has 0 heterocycles. The van der Waals surface area contributed by atoms with E-state index in [0.717, 1.165) is 35.5 Å². The van der Waals surface area contributed by atoms with Gasteiger partial charge >= 0.3 is 0 Å². The molecule has 0 saturated heterocycles. The maximum absolute atomic E-state index is 12.6. The van der Waals surface area contributed by atoms with E-state index in [1.165, 1.54) is 0 Å². The number of benzene rings is 2. The zero-order valence-electron chi connectivity index (χ0n) is 18.3. The fourth-order valence-electron chi connectivity index (χ4n) is 2.96. The third-order valence-electron chi connectivity index (χ3n) is 4.23. The monoisotopic (exact) mass is 396 g/mol. The molecule has 2 rings (SSSR count). The Kier molecular flexibility index (Phi) is 8.32. The SMILES string of the molecule is CCCc1cc(/C=C/C(=O)c2ccc(OC)cc2)c(OC(C)C)cc1OC(C)C. The van der Waals surface area contributed by atoms with Crippen LogP contribution in [0.3, 0.4) is 0 Å². The molecule has 0 unspecified atom stereocenters. The second-order valence-electron chi connectivity index (χ2n) is 7.51. The van der Waals surface area contributed by atoms with E-state index < -0.39 is 0 Å². The number of ketones is 1. The molecule has 0 aliphatic heterocycles. The van der Waals surface area contributed by atoms with Crippen molar-refractivity contribution in [2.24, 2.45) is 0 Å². The lowest BCUT2D eigenvalue weighted by molar-refractivity contribution is 0.104. The quantitative estimate of drug-likeness (QED) is 0.358. The van der Waals surface area contributed by atoms with Gasteiger partial charge in [0.1, 0.15) is 17.2 Å². The first-order chi connectivity index (χ1) is 13.8. The Morgan fingerprint density at radius 2 is 1.59 bits per heavy atom. The van der Waals surface area contributed by atoms with Crippen molar-refractivity contribution in [1.82, 2.24) is 0 Å². The van der Waals surface area contributed by atoms with Gasteiger partial charge in [-0.3, -0.25) is 4.79 Å². The Hall–Kier alpha value is -2.75. The molecular weight excluding hydrogens is 364 g/mol. The number of methoxy groups -OCH3 is 1. The van der Waals surface area contributed by atoms with Crippen molar-refractivity contribution in [1.29, 1.82) is 0 Å². The van der Waals surface area contributed by atoms with Gasteiger partial charge in [0.15, 0.2) is 5.78 Å². The van der Waals surface area contributed by atoms with Crippen molar-refractivity contribution >= 4 is 11.9 Å². The number of hydrogen-bond donors (Lipinski definition) is 0. The maximum atomic E-state index is 12.6. The van der Waals surface area contributed by atoms with Crippen LogP contribution in [0.25, 0.3) is 6.08 Å². The first kappa shape index (κ1) is 22.5. The number of allylic oxidation sites excluding steroid dienone is 1. The van der Waals surface area contributed by atoms with Crippen LogP contribution < -0.4 is 14.2 Å². The number of hydrogen-bond acceptors (Lipinski definition) is 4. The second-order valence-corrected chi connectivity index (χ2v) is 7.51. The van der Waals surface area contributed by atoms with Crippen molar-refractivity contribution in [3.05, 3.63) is 59.2 Å². The van der Waals surface area contributed by atoms with E-state index >= 15 is 0 Å². The normalized spacial score (nSPS) is 11.3. The smallest absolute Gasteiger partial charge is 0.185 e. The van der Waals surface area contributed by atoms with Crippen molar-refractivity contribution in [2.45, 2.75) is 59.7 Å². The summed E-state index contributed by atoms with van der Waals surface area (Å²) >= 11 is 0. The molecule has 29 heavy (non-hydrogen) atoms. The summed E-state index contributed by atoms with van der Waals surface area (Å²) in [4.78, 5) is 12.6. The van der Waals surface area contributed by atoms with Crippen molar-refractivity contribution in [3.8, 4) is 17.2 Å². The summed E-state index contributed by atoms with van der Waals surface area (Å²) < 4.78 is 17.2. The van der Waals surface area contributed by atoms with Crippen LogP contribution in [0.5, 0.6) is 17.2 Å². The van der Waals surface area contributed by atoms with Gasteiger partial charge in [0, 0.05) is 17.2 Å². The van der Waals surface area contributed by atoms with Crippen LogP contribution in [0.1, 0.15) is 62.5 Å². The number of carbonyl (C=O) groups excluding carboxylic acids is 1. The third-order valence-corrected chi connectivity index (χ3v) is 4.23. The van der Waals surface area contributed by atoms with E-state index in [1.807, 2.05) is 39.8 Å². The van der Waals surface area contributed by atoms with Crippen LogP contribution in [0, 0.1) is 0 Å². The van der Waals surface area contributed by atoms with Crippen LogP contribution in [0.2, 0.25) is 0 Å². The zero-order valence-corrected chi connectivity index (χ0v) is 18.3. The zero-order chi connectivity index (χ0) is 21.4. The summed E-state index contributed by atoms with van der Waals surface area (Å²) in [5.74, 6) is 2.22. The molecule has 0 amide bonds. The Morgan fingerprint density at radius 3 is 2.14 bits per heavy atom. The molecule has 2 aromatic rings. The van der Waals surface area contributed by atoms with Gasteiger partial charge in [-0.25, -0.2) is 0 Å². The summed E-state index contributed by atoms with van der Waals surface area (Å²) in [6.07, 6.45) is 5.41. The van der Waals surface area contributed by atoms with E-state index in [9.17, 15) is 4.79 Å². The number of aryl methyl sites for hydroxylation is 1. The van der Waals surface area contributed by atoms with Gasteiger partial charge in [-0.1, -0.05) is 13.3 Å². The van der Waals surface area contributed by atoms with Crippen molar-refractivity contribution in [2.75, 3.05) is 7.11 Å². The van der Waals surface area contributed by atoms with Crippen LogP contribution >= 0.6 is 0 Å². The molecule has 4 heteroatoms. The van der Waals surface area contributed by atoms with Crippen LogP contribution in [0.15, 0.2) is 42.5 Å². The number of ether oxygens (including phenoxy) is 3. The van der Waals surface area contributed by atoms with Crippen molar-refractivity contribution < 1.29 is 19.0 Å². The first-order valence-electron chi connectivity index (χ1n) is 10.2. The Labute approximate surface area is 174 Å². The molecule has 0 saturated carbocycles. The molecule has 0 aliphatic carbocycles. The summed E-state index contributed by atoms with van der Waals surface area (Å²) in [7, 11) is 1.60.